The van der Waals surface area contributed by atoms with Crippen LogP contribution in [0.3, 0.4) is 0 Å². The van der Waals surface area contributed by atoms with Gasteiger partial charge in [0.1, 0.15) is 5.75 Å². The Morgan fingerprint density at radius 2 is 1.85 bits per heavy atom. The van der Waals surface area contributed by atoms with E-state index >= 15 is 0 Å². The number of hydrogen-bond donors (Lipinski definition) is 1. The Labute approximate surface area is 165 Å². The Hall–Kier alpha value is -2.34. The number of hydrogen-bond acceptors (Lipinski definition) is 6. The van der Waals surface area contributed by atoms with Gasteiger partial charge >= 0.3 is 5.97 Å². The molecule has 2 aromatic carbocycles. The molecule has 2 rings (SSSR count). The number of thioether (sulfide) groups is 1. The number of carbonyl (C=O) groups is 1. The van der Waals surface area contributed by atoms with Gasteiger partial charge < -0.3 is 19.9 Å². The third-order valence-corrected chi connectivity index (χ3v) is 4.90. The van der Waals surface area contributed by atoms with Crippen LogP contribution in [0.15, 0.2) is 36.4 Å². The number of nitrogen functional groups attached to an aromatic ring is 1. The van der Waals surface area contributed by atoms with E-state index in [4.69, 9.17) is 19.9 Å². The van der Waals surface area contributed by atoms with E-state index < -0.39 is 0 Å². The Morgan fingerprint density at radius 1 is 1.11 bits per heavy atom. The van der Waals surface area contributed by atoms with Gasteiger partial charge in [-0.25, -0.2) is 0 Å². The van der Waals surface area contributed by atoms with Crippen molar-refractivity contribution in [3.63, 3.8) is 0 Å². The summed E-state index contributed by atoms with van der Waals surface area (Å²) in [7, 11) is 1.59. The number of ether oxygens (including phenoxy) is 3. The topological polar surface area (TPSA) is 70.8 Å². The monoisotopic (exact) mass is 389 g/mol. The average Bonchev–Trinajstić information content (AvgIpc) is 2.62. The van der Waals surface area contributed by atoms with Gasteiger partial charge in [-0.2, -0.15) is 11.8 Å². The molecule has 0 radical (unpaired) electrons. The van der Waals surface area contributed by atoms with Crippen LogP contribution in [0, 0.1) is 0 Å². The van der Waals surface area contributed by atoms with Crippen molar-refractivity contribution in [1.82, 2.24) is 0 Å². The van der Waals surface area contributed by atoms with Gasteiger partial charge in [-0.3, -0.25) is 4.79 Å². The first-order chi connectivity index (χ1) is 12.9. The smallest absolute Gasteiger partial charge is 0.310 e. The Kier molecular flexibility index (Phi) is 7.85. The van der Waals surface area contributed by atoms with Crippen LogP contribution < -0.4 is 15.2 Å². The van der Waals surface area contributed by atoms with E-state index in [0.717, 1.165) is 22.6 Å². The number of nitrogens with two attached hydrogens (primary N) is 1. The Morgan fingerprint density at radius 3 is 2.52 bits per heavy atom. The standard InChI is InChI=1S/C21H27NO4S/c1-5-25-21(23)11-15-6-8-19(24-4)20(10-15)26-18-9-7-17(22)12-16(18)13-27-14(2)3/h6-10,12,14H,5,11,13,22H2,1-4H3. The van der Waals surface area contributed by atoms with Gasteiger partial charge in [0.05, 0.1) is 20.1 Å². The molecule has 2 N–H and O–H groups in total. The molecule has 5 nitrogen and oxygen atoms in total. The van der Waals surface area contributed by atoms with E-state index in [2.05, 4.69) is 13.8 Å². The van der Waals surface area contributed by atoms with Crippen molar-refractivity contribution in [1.29, 1.82) is 0 Å². The lowest BCUT2D eigenvalue weighted by atomic mass is 10.1. The van der Waals surface area contributed by atoms with E-state index in [1.807, 2.05) is 42.1 Å². The molecule has 0 aliphatic rings. The second-order valence-corrected chi connectivity index (χ2v) is 7.86. The van der Waals surface area contributed by atoms with Gasteiger partial charge in [0.25, 0.3) is 0 Å². The van der Waals surface area contributed by atoms with Crippen molar-refractivity contribution in [2.24, 2.45) is 0 Å². The van der Waals surface area contributed by atoms with Crippen LogP contribution in [0.4, 0.5) is 5.69 Å². The van der Waals surface area contributed by atoms with E-state index in [0.29, 0.717) is 29.0 Å². The molecule has 0 aliphatic carbocycles. The summed E-state index contributed by atoms with van der Waals surface area (Å²) in [5.41, 5.74) is 8.47. The predicted molar refractivity (Wildman–Crippen MR) is 111 cm³/mol. The van der Waals surface area contributed by atoms with Crippen molar-refractivity contribution in [2.45, 2.75) is 38.2 Å². The average molecular weight is 390 g/mol. The molecule has 0 bridgehead atoms. The van der Waals surface area contributed by atoms with Gasteiger partial charge in [0, 0.05) is 17.0 Å². The summed E-state index contributed by atoms with van der Waals surface area (Å²) in [6.45, 7) is 6.46. The molecular weight excluding hydrogens is 362 g/mol. The van der Waals surface area contributed by atoms with Gasteiger partial charge in [-0.1, -0.05) is 19.9 Å². The van der Waals surface area contributed by atoms with Crippen molar-refractivity contribution in [2.75, 3.05) is 19.5 Å². The van der Waals surface area contributed by atoms with Crippen LogP contribution in [0.5, 0.6) is 17.2 Å². The molecule has 0 unspecified atom stereocenters. The first-order valence-electron chi connectivity index (χ1n) is 8.93. The number of carbonyl (C=O) groups excluding carboxylic acids is 1. The molecule has 6 heteroatoms. The minimum atomic E-state index is -0.268. The number of methoxy groups -OCH3 is 1. The summed E-state index contributed by atoms with van der Waals surface area (Å²) in [6.07, 6.45) is 0.186. The minimum Gasteiger partial charge on any atom is -0.493 e. The summed E-state index contributed by atoms with van der Waals surface area (Å²) >= 11 is 1.82. The fourth-order valence-electron chi connectivity index (χ4n) is 2.48. The second-order valence-electron chi connectivity index (χ2n) is 6.30. The van der Waals surface area contributed by atoms with Crippen molar-refractivity contribution in [3.8, 4) is 17.2 Å². The van der Waals surface area contributed by atoms with E-state index in [9.17, 15) is 4.79 Å². The summed E-state index contributed by atoms with van der Waals surface area (Å²) < 4.78 is 16.6. The summed E-state index contributed by atoms with van der Waals surface area (Å²) in [6, 6.07) is 11.0. The van der Waals surface area contributed by atoms with Crippen LogP contribution >= 0.6 is 11.8 Å². The maximum atomic E-state index is 11.8. The molecule has 0 spiro atoms. The lowest BCUT2D eigenvalue weighted by Gasteiger charge is -2.16. The van der Waals surface area contributed by atoms with Crippen molar-refractivity contribution in [3.05, 3.63) is 47.5 Å². The van der Waals surface area contributed by atoms with Crippen LogP contribution in [0.2, 0.25) is 0 Å². The minimum absolute atomic E-state index is 0.186. The number of benzene rings is 2. The second kappa shape index (κ2) is 10.1. The van der Waals surface area contributed by atoms with Gasteiger partial charge in [-0.05, 0) is 48.1 Å². The van der Waals surface area contributed by atoms with Gasteiger partial charge in [-0.15, -0.1) is 0 Å². The fourth-order valence-corrected chi connectivity index (χ4v) is 3.21. The van der Waals surface area contributed by atoms with Crippen LogP contribution in [0.1, 0.15) is 31.9 Å². The molecule has 0 amide bonds. The van der Waals surface area contributed by atoms with Crippen molar-refractivity contribution >= 4 is 23.4 Å². The van der Waals surface area contributed by atoms with E-state index in [-0.39, 0.29) is 12.4 Å². The van der Waals surface area contributed by atoms with Crippen LogP contribution in [-0.2, 0) is 21.7 Å². The highest BCUT2D eigenvalue weighted by Crippen LogP contribution is 2.36. The molecule has 0 saturated heterocycles. The molecule has 0 fully saturated rings. The third kappa shape index (κ3) is 6.40. The number of anilines is 1. The lowest BCUT2D eigenvalue weighted by Crippen LogP contribution is -2.07. The fraction of sp³-hybridized carbons (Fsp3) is 0.381. The Bertz CT molecular complexity index is 777. The highest BCUT2D eigenvalue weighted by Gasteiger charge is 2.13. The first kappa shape index (κ1) is 21.0. The molecular formula is C21H27NO4S. The summed E-state index contributed by atoms with van der Waals surface area (Å²) in [5, 5.41) is 0.502. The lowest BCUT2D eigenvalue weighted by molar-refractivity contribution is -0.142. The van der Waals surface area contributed by atoms with E-state index in [1.165, 1.54) is 0 Å². The molecule has 146 valence electrons. The number of esters is 1. The molecule has 0 aromatic heterocycles. The largest absolute Gasteiger partial charge is 0.493 e. The molecule has 27 heavy (non-hydrogen) atoms. The highest BCUT2D eigenvalue weighted by molar-refractivity contribution is 7.99. The van der Waals surface area contributed by atoms with Crippen molar-refractivity contribution < 1.29 is 19.0 Å². The zero-order chi connectivity index (χ0) is 19.8. The summed E-state index contributed by atoms with van der Waals surface area (Å²) in [5.74, 6) is 2.41. The zero-order valence-corrected chi connectivity index (χ0v) is 17.1. The molecule has 0 atom stereocenters. The number of rotatable bonds is 9. The molecule has 0 aliphatic heterocycles. The predicted octanol–water partition coefficient (Wildman–Crippen LogP) is 4.82. The zero-order valence-electron chi connectivity index (χ0n) is 16.3. The Balaban J connectivity index is 2.28. The molecule has 2 aromatic rings. The van der Waals surface area contributed by atoms with Crippen LogP contribution in [0.25, 0.3) is 0 Å². The normalized spacial score (nSPS) is 10.7. The SMILES string of the molecule is CCOC(=O)Cc1ccc(OC)c(Oc2ccc(N)cc2CSC(C)C)c1. The summed E-state index contributed by atoms with van der Waals surface area (Å²) in [4.78, 5) is 11.8. The van der Waals surface area contributed by atoms with E-state index in [1.54, 1.807) is 20.1 Å². The maximum absolute atomic E-state index is 11.8. The highest BCUT2D eigenvalue weighted by atomic mass is 32.2. The molecule has 0 saturated carbocycles. The first-order valence-corrected chi connectivity index (χ1v) is 9.98. The quantitative estimate of drug-likeness (QED) is 0.490. The maximum Gasteiger partial charge on any atom is 0.310 e. The third-order valence-electron chi connectivity index (χ3n) is 3.76. The molecule has 0 heterocycles. The van der Waals surface area contributed by atoms with Gasteiger partial charge in [0.2, 0.25) is 0 Å². The van der Waals surface area contributed by atoms with Gasteiger partial charge in [0.15, 0.2) is 11.5 Å². The van der Waals surface area contributed by atoms with Crippen LogP contribution in [-0.4, -0.2) is 24.9 Å².